The summed E-state index contributed by atoms with van der Waals surface area (Å²) in [6, 6.07) is 0. The van der Waals surface area contributed by atoms with Gasteiger partial charge in [-0.05, 0) is 0 Å². The first-order valence-electron chi connectivity index (χ1n) is 3.53. The second-order valence-electron chi connectivity index (χ2n) is 2.32. The molecule has 0 saturated heterocycles. The molecular weight excluding hydrogens is 158 g/mol. The molecule has 0 spiro atoms. The second-order valence-corrected chi connectivity index (χ2v) is 2.32. The van der Waals surface area contributed by atoms with Crippen molar-refractivity contribution in [2.75, 3.05) is 7.11 Å². The quantitative estimate of drug-likeness (QED) is 0.620. The number of imidazole rings is 1. The summed E-state index contributed by atoms with van der Waals surface area (Å²) in [5.74, 6) is -0.295. The Labute approximate surface area is 70.1 Å². The summed E-state index contributed by atoms with van der Waals surface area (Å²) < 4.78 is 6.11. The Hall–Kier alpha value is -1.36. The molecule has 5 heteroatoms. The number of methoxy groups -OCH3 is 1. The smallest absolute Gasteiger partial charge is 0.325 e. The van der Waals surface area contributed by atoms with Crippen LogP contribution >= 0.6 is 0 Å². The summed E-state index contributed by atoms with van der Waals surface area (Å²) in [4.78, 5) is 14.7. The number of esters is 1. The lowest BCUT2D eigenvalue weighted by atomic mass is 10.5. The number of carbonyl (C=O) groups is 1. The molecule has 1 rings (SSSR count). The lowest BCUT2D eigenvalue weighted by Crippen LogP contribution is -2.09. The topological polar surface area (TPSA) is 70.1 Å². The van der Waals surface area contributed by atoms with Crippen LogP contribution < -0.4 is 5.73 Å². The molecule has 0 fully saturated rings. The number of aromatic nitrogens is 2. The van der Waals surface area contributed by atoms with Gasteiger partial charge in [-0.2, -0.15) is 0 Å². The number of hydrogen-bond acceptors (Lipinski definition) is 4. The average Bonchev–Trinajstić information content (AvgIpc) is 2.52. The number of nitrogens with zero attached hydrogens (tertiary/aromatic N) is 2. The van der Waals surface area contributed by atoms with Crippen LogP contribution in [0.3, 0.4) is 0 Å². The SMILES string of the molecule is COC(=O)Cn1cnc(CN)c1. The van der Waals surface area contributed by atoms with E-state index in [9.17, 15) is 4.79 Å². The van der Waals surface area contributed by atoms with E-state index in [1.807, 2.05) is 0 Å². The Balaban J connectivity index is 2.58. The van der Waals surface area contributed by atoms with Crippen LogP contribution in [-0.2, 0) is 22.6 Å². The van der Waals surface area contributed by atoms with E-state index in [4.69, 9.17) is 5.73 Å². The fourth-order valence-corrected chi connectivity index (χ4v) is 0.812. The highest BCUT2D eigenvalue weighted by Gasteiger charge is 2.02. The van der Waals surface area contributed by atoms with E-state index < -0.39 is 0 Å². The minimum Gasteiger partial charge on any atom is -0.468 e. The van der Waals surface area contributed by atoms with E-state index in [-0.39, 0.29) is 12.5 Å². The van der Waals surface area contributed by atoms with Gasteiger partial charge in [0.1, 0.15) is 6.54 Å². The van der Waals surface area contributed by atoms with Crippen molar-refractivity contribution < 1.29 is 9.53 Å². The lowest BCUT2D eigenvalue weighted by Gasteiger charge is -1.98. The summed E-state index contributed by atoms with van der Waals surface area (Å²) in [6.45, 7) is 0.567. The Morgan fingerprint density at radius 1 is 1.83 bits per heavy atom. The fourth-order valence-electron chi connectivity index (χ4n) is 0.812. The van der Waals surface area contributed by atoms with Crippen LogP contribution in [0.2, 0.25) is 0 Å². The molecule has 0 saturated carbocycles. The highest BCUT2D eigenvalue weighted by atomic mass is 16.5. The zero-order chi connectivity index (χ0) is 8.97. The number of carbonyl (C=O) groups excluding carboxylic acids is 1. The van der Waals surface area contributed by atoms with Gasteiger partial charge in [0, 0.05) is 12.7 Å². The van der Waals surface area contributed by atoms with Crippen LogP contribution in [-0.4, -0.2) is 22.6 Å². The third kappa shape index (κ3) is 2.06. The highest BCUT2D eigenvalue weighted by molar-refractivity contribution is 5.68. The molecule has 1 heterocycles. The van der Waals surface area contributed by atoms with Crippen LogP contribution in [0.15, 0.2) is 12.5 Å². The molecule has 1 aromatic rings. The van der Waals surface area contributed by atoms with Gasteiger partial charge in [0.2, 0.25) is 0 Å². The van der Waals surface area contributed by atoms with Gasteiger partial charge in [0.05, 0.1) is 19.1 Å². The van der Waals surface area contributed by atoms with Gasteiger partial charge in [-0.3, -0.25) is 4.79 Å². The maximum atomic E-state index is 10.8. The zero-order valence-electron chi connectivity index (χ0n) is 6.86. The monoisotopic (exact) mass is 169 g/mol. The molecular formula is C7H11N3O2. The standard InChI is InChI=1S/C7H11N3O2/c1-12-7(11)4-10-3-6(2-8)9-5-10/h3,5H,2,4,8H2,1H3. The third-order valence-electron chi connectivity index (χ3n) is 1.44. The van der Waals surface area contributed by atoms with Crippen molar-refractivity contribution in [3.63, 3.8) is 0 Å². The number of rotatable bonds is 3. The summed E-state index contributed by atoms with van der Waals surface area (Å²) in [6.07, 6.45) is 3.27. The van der Waals surface area contributed by atoms with Crippen molar-refractivity contribution in [3.05, 3.63) is 18.2 Å². The minimum atomic E-state index is -0.295. The highest BCUT2D eigenvalue weighted by Crippen LogP contribution is 1.94. The summed E-state index contributed by atoms with van der Waals surface area (Å²) in [7, 11) is 1.35. The van der Waals surface area contributed by atoms with Gasteiger partial charge >= 0.3 is 5.97 Å². The fraction of sp³-hybridized carbons (Fsp3) is 0.429. The zero-order valence-corrected chi connectivity index (χ0v) is 6.86. The van der Waals surface area contributed by atoms with Crippen LogP contribution in [0.25, 0.3) is 0 Å². The van der Waals surface area contributed by atoms with Crippen molar-refractivity contribution in [1.29, 1.82) is 0 Å². The van der Waals surface area contributed by atoms with E-state index in [2.05, 4.69) is 9.72 Å². The largest absolute Gasteiger partial charge is 0.468 e. The van der Waals surface area contributed by atoms with Gasteiger partial charge in [-0.25, -0.2) is 4.98 Å². The lowest BCUT2D eigenvalue weighted by molar-refractivity contribution is -0.141. The second kappa shape index (κ2) is 3.87. The Morgan fingerprint density at radius 2 is 2.58 bits per heavy atom. The maximum Gasteiger partial charge on any atom is 0.325 e. The number of nitrogens with two attached hydrogens (primary N) is 1. The molecule has 0 aliphatic carbocycles. The Kier molecular flexibility index (Phi) is 2.82. The number of ether oxygens (including phenoxy) is 1. The molecule has 0 bridgehead atoms. The van der Waals surface area contributed by atoms with Crippen molar-refractivity contribution in [2.45, 2.75) is 13.1 Å². The van der Waals surface area contributed by atoms with E-state index >= 15 is 0 Å². The Morgan fingerprint density at radius 3 is 3.08 bits per heavy atom. The maximum absolute atomic E-state index is 10.8. The molecule has 0 aliphatic heterocycles. The van der Waals surface area contributed by atoms with Crippen molar-refractivity contribution in [1.82, 2.24) is 9.55 Å². The minimum absolute atomic E-state index is 0.184. The molecule has 0 amide bonds. The van der Waals surface area contributed by atoms with Gasteiger partial charge < -0.3 is 15.0 Å². The summed E-state index contributed by atoms with van der Waals surface area (Å²) >= 11 is 0. The first kappa shape index (κ1) is 8.73. The van der Waals surface area contributed by atoms with E-state index in [0.29, 0.717) is 6.54 Å². The van der Waals surface area contributed by atoms with E-state index in [1.165, 1.54) is 7.11 Å². The van der Waals surface area contributed by atoms with E-state index in [1.54, 1.807) is 17.1 Å². The molecule has 0 atom stereocenters. The first-order chi connectivity index (χ1) is 5.76. The molecule has 1 aromatic heterocycles. The van der Waals surface area contributed by atoms with Crippen molar-refractivity contribution >= 4 is 5.97 Å². The van der Waals surface area contributed by atoms with Gasteiger partial charge in [0.25, 0.3) is 0 Å². The van der Waals surface area contributed by atoms with Crippen LogP contribution in [0.4, 0.5) is 0 Å². The van der Waals surface area contributed by atoms with Gasteiger partial charge in [-0.1, -0.05) is 0 Å². The Bertz CT molecular complexity index is 269. The predicted octanol–water partition coefficient (Wildman–Crippen LogP) is -0.485. The van der Waals surface area contributed by atoms with Crippen molar-refractivity contribution in [3.8, 4) is 0 Å². The van der Waals surface area contributed by atoms with E-state index in [0.717, 1.165) is 5.69 Å². The normalized spacial score (nSPS) is 9.83. The molecule has 0 aliphatic rings. The number of hydrogen-bond donors (Lipinski definition) is 1. The van der Waals surface area contributed by atoms with Gasteiger partial charge in [-0.15, -0.1) is 0 Å². The summed E-state index contributed by atoms with van der Waals surface area (Å²) in [5, 5.41) is 0. The summed E-state index contributed by atoms with van der Waals surface area (Å²) in [5.41, 5.74) is 6.10. The average molecular weight is 169 g/mol. The molecule has 0 unspecified atom stereocenters. The first-order valence-corrected chi connectivity index (χ1v) is 3.53. The van der Waals surface area contributed by atoms with Crippen molar-refractivity contribution in [2.24, 2.45) is 5.73 Å². The third-order valence-corrected chi connectivity index (χ3v) is 1.44. The molecule has 2 N–H and O–H groups in total. The van der Waals surface area contributed by atoms with Gasteiger partial charge in [0.15, 0.2) is 0 Å². The predicted molar refractivity (Wildman–Crippen MR) is 42.1 cm³/mol. The van der Waals surface area contributed by atoms with Crippen LogP contribution in [0.1, 0.15) is 5.69 Å². The molecule has 0 radical (unpaired) electrons. The van der Waals surface area contributed by atoms with Crippen LogP contribution in [0.5, 0.6) is 0 Å². The molecule has 5 nitrogen and oxygen atoms in total. The molecule has 66 valence electrons. The van der Waals surface area contributed by atoms with Crippen LogP contribution in [0, 0.1) is 0 Å². The molecule has 12 heavy (non-hydrogen) atoms. The molecule has 0 aromatic carbocycles.